The quantitative estimate of drug-likeness (QED) is 0.716. The maximum atomic E-state index is 12.6. The van der Waals surface area contributed by atoms with Gasteiger partial charge >= 0.3 is 0 Å². The Bertz CT molecular complexity index is 1070. The molecule has 8 heteroatoms. The van der Waals surface area contributed by atoms with Gasteiger partial charge in [0.1, 0.15) is 0 Å². The van der Waals surface area contributed by atoms with Gasteiger partial charge in [-0.15, -0.1) is 0 Å². The first-order valence-corrected chi connectivity index (χ1v) is 12.4. The van der Waals surface area contributed by atoms with Crippen molar-refractivity contribution in [3.8, 4) is 0 Å². The summed E-state index contributed by atoms with van der Waals surface area (Å²) in [6.07, 6.45) is 0.230. The lowest BCUT2D eigenvalue weighted by Crippen LogP contribution is -2.37. The van der Waals surface area contributed by atoms with E-state index in [2.05, 4.69) is 4.99 Å². The van der Waals surface area contributed by atoms with Crippen molar-refractivity contribution in [1.82, 2.24) is 4.90 Å². The largest absolute Gasteiger partial charge is 0.342 e. The fraction of sp³-hybridized carbons (Fsp3) is 0.333. The van der Waals surface area contributed by atoms with Crippen LogP contribution in [0.25, 0.3) is 0 Å². The number of sulfone groups is 1. The van der Waals surface area contributed by atoms with Crippen molar-refractivity contribution in [2.24, 2.45) is 4.99 Å². The van der Waals surface area contributed by atoms with Crippen molar-refractivity contribution >= 4 is 44.3 Å². The Morgan fingerprint density at radius 1 is 1.17 bits per heavy atom. The Balaban J connectivity index is 1.57. The molecule has 0 bridgehead atoms. The number of amides is 1. The third kappa shape index (κ3) is 4.85. The van der Waals surface area contributed by atoms with Gasteiger partial charge in [-0.3, -0.25) is 4.79 Å². The van der Waals surface area contributed by atoms with Crippen molar-refractivity contribution in [3.63, 3.8) is 0 Å². The highest BCUT2D eigenvalue weighted by Crippen LogP contribution is 2.39. The molecule has 2 aliphatic heterocycles. The smallest absolute Gasteiger partial charge is 0.252 e. The van der Waals surface area contributed by atoms with Crippen LogP contribution in [0.15, 0.2) is 53.5 Å². The third-order valence-electron chi connectivity index (χ3n) is 5.10. The number of hydrogen-bond donors (Lipinski definition) is 0. The first kappa shape index (κ1) is 20.4. The number of hydrogen-bond acceptors (Lipinski definition) is 4. The lowest BCUT2D eigenvalue weighted by atomic mass is 10.1. The van der Waals surface area contributed by atoms with E-state index in [-0.39, 0.29) is 35.1 Å². The van der Waals surface area contributed by atoms with E-state index in [4.69, 9.17) is 11.6 Å². The number of thioether (sulfide) groups is 1. The van der Waals surface area contributed by atoms with Gasteiger partial charge in [0, 0.05) is 16.8 Å². The highest BCUT2D eigenvalue weighted by Gasteiger charge is 2.48. The molecule has 0 N–H and O–H groups in total. The second-order valence-electron chi connectivity index (χ2n) is 7.51. The lowest BCUT2D eigenvalue weighted by molar-refractivity contribution is -0.117. The zero-order chi connectivity index (χ0) is 20.6. The molecule has 2 aliphatic rings. The second-order valence-corrected chi connectivity index (χ2v) is 11.3. The zero-order valence-corrected chi connectivity index (χ0v) is 18.3. The predicted octanol–water partition coefficient (Wildman–Crippen LogP) is 3.49. The summed E-state index contributed by atoms with van der Waals surface area (Å²) in [5.74, 6) is 0.00971. The summed E-state index contributed by atoms with van der Waals surface area (Å²) in [6, 6.07) is 15.1. The summed E-state index contributed by atoms with van der Waals surface area (Å²) < 4.78 is 24.2. The molecule has 2 atom stereocenters. The molecule has 0 unspecified atom stereocenters. The molecule has 1 amide bonds. The van der Waals surface area contributed by atoms with E-state index in [0.717, 1.165) is 16.7 Å². The maximum absolute atomic E-state index is 12.6. The molecular weight excluding hydrogens is 428 g/mol. The van der Waals surface area contributed by atoms with E-state index in [9.17, 15) is 13.2 Å². The van der Waals surface area contributed by atoms with Gasteiger partial charge in [-0.25, -0.2) is 8.42 Å². The zero-order valence-electron chi connectivity index (χ0n) is 15.9. The number of fused-ring (bicyclic) bond motifs is 1. The fourth-order valence-electron chi connectivity index (χ4n) is 3.75. The van der Waals surface area contributed by atoms with Crippen LogP contribution in [0, 0.1) is 6.92 Å². The number of rotatable bonds is 4. The molecule has 29 heavy (non-hydrogen) atoms. The van der Waals surface area contributed by atoms with Gasteiger partial charge in [0.05, 0.1) is 24.0 Å². The van der Waals surface area contributed by atoms with Crippen LogP contribution in [0.1, 0.15) is 16.7 Å². The van der Waals surface area contributed by atoms with E-state index in [0.29, 0.717) is 16.7 Å². The van der Waals surface area contributed by atoms with Crippen LogP contribution in [-0.2, 0) is 27.6 Å². The van der Waals surface area contributed by atoms with Crippen molar-refractivity contribution in [2.45, 2.75) is 31.2 Å². The minimum absolute atomic E-state index is 0.0854. The van der Waals surface area contributed by atoms with Gasteiger partial charge in [-0.05, 0) is 30.2 Å². The number of aliphatic imine (C=N–C) groups is 1. The number of carbonyl (C=O) groups excluding carboxylic acids is 1. The minimum atomic E-state index is -3.07. The van der Waals surface area contributed by atoms with Gasteiger partial charge in [0.25, 0.3) is 5.91 Å². The molecule has 0 radical (unpaired) electrons. The fourth-order valence-corrected chi connectivity index (χ4v) is 7.84. The Morgan fingerprint density at radius 3 is 2.66 bits per heavy atom. The number of amidine groups is 1. The molecule has 0 aliphatic carbocycles. The van der Waals surface area contributed by atoms with Crippen molar-refractivity contribution in [3.05, 3.63) is 70.2 Å². The SMILES string of the molecule is Cc1cccc(CC(=O)N=C2S[C@H]3CS(=O)(=O)C[C@H]3N2Cc2ccc(Cl)cc2)c1. The molecule has 2 aromatic rings. The Hall–Kier alpha value is -1.83. The van der Waals surface area contributed by atoms with Gasteiger partial charge in [0.15, 0.2) is 15.0 Å². The first-order valence-electron chi connectivity index (χ1n) is 9.34. The van der Waals surface area contributed by atoms with E-state index in [1.165, 1.54) is 11.8 Å². The standard InChI is InChI=1S/C21H21ClN2O3S2/c1-14-3-2-4-16(9-14)10-20(25)23-21-24(11-15-5-7-17(22)8-6-15)18-12-29(26,27)13-19(18)28-21/h2-9,18-19H,10-13H2,1H3/t18-,19+/m1/s1. The normalized spacial score (nSPS) is 24.1. The van der Waals surface area contributed by atoms with Crippen LogP contribution in [-0.4, -0.2) is 47.2 Å². The number of halogens is 1. The second kappa shape index (κ2) is 8.13. The van der Waals surface area contributed by atoms with Gasteiger partial charge in [-0.2, -0.15) is 4.99 Å². The topological polar surface area (TPSA) is 66.8 Å². The Kier molecular flexibility index (Phi) is 5.73. The summed E-state index contributed by atoms with van der Waals surface area (Å²) in [6.45, 7) is 2.49. The Morgan fingerprint density at radius 2 is 1.93 bits per heavy atom. The van der Waals surface area contributed by atoms with Crippen LogP contribution < -0.4 is 0 Å². The highest BCUT2D eigenvalue weighted by atomic mass is 35.5. The summed E-state index contributed by atoms with van der Waals surface area (Å²) in [5.41, 5.74) is 3.02. The summed E-state index contributed by atoms with van der Waals surface area (Å²) in [4.78, 5) is 18.9. The predicted molar refractivity (Wildman–Crippen MR) is 118 cm³/mol. The number of nitrogens with zero attached hydrogens (tertiary/aromatic N) is 2. The molecule has 0 saturated carbocycles. The van der Waals surface area contributed by atoms with Crippen LogP contribution in [0.3, 0.4) is 0 Å². The number of carbonyl (C=O) groups is 1. The summed E-state index contributed by atoms with van der Waals surface area (Å²) >= 11 is 7.38. The van der Waals surface area contributed by atoms with Crippen LogP contribution in [0.2, 0.25) is 5.02 Å². The molecule has 2 aromatic carbocycles. The van der Waals surface area contributed by atoms with E-state index in [1.807, 2.05) is 60.4 Å². The minimum Gasteiger partial charge on any atom is -0.342 e. The van der Waals surface area contributed by atoms with Gasteiger partial charge < -0.3 is 4.90 Å². The molecule has 5 nitrogen and oxygen atoms in total. The van der Waals surface area contributed by atoms with E-state index in [1.54, 1.807) is 0 Å². The highest BCUT2D eigenvalue weighted by molar-refractivity contribution is 8.15. The molecule has 2 fully saturated rings. The average molecular weight is 449 g/mol. The molecule has 4 rings (SSSR count). The van der Waals surface area contributed by atoms with Gasteiger partial charge in [0.2, 0.25) is 0 Å². The monoisotopic (exact) mass is 448 g/mol. The summed E-state index contributed by atoms with van der Waals surface area (Å²) in [7, 11) is -3.07. The average Bonchev–Trinajstić information content (AvgIpc) is 3.09. The molecular formula is C21H21ClN2O3S2. The van der Waals surface area contributed by atoms with Crippen LogP contribution in [0.5, 0.6) is 0 Å². The number of aryl methyl sites for hydroxylation is 1. The van der Waals surface area contributed by atoms with Crippen LogP contribution >= 0.6 is 23.4 Å². The molecule has 2 saturated heterocycles. The van der Waals surface area contributed by atoms with Crippen molar-refractivity contribution in [2.75, 3.05) is 11.5 Å². The van der Waals surface area contributed by atoms with Crippen molar-refractivity contribution < 1.29 is 13.2 Å². The molecule has 0 spiro atoms. The molecule has 152 valence electrons. The molecule has 0 aromatic heterocycles. The van der Waals surface area contributed by atoms with Crippen molar-refractivity contribution in [1.29, 1.82) is 0 Å². The van der Waals surface area contributed by atoms with Crippen LogP contribution in [0.4, 0.5) is 0 Å². The van der Waals surface area contributed by atoms with E-state index < -0.39 is 9.84 Å². The van der Waals surface area contributed by atoms with Gasteiger partial charge in [-0.1, -0.05) is 65.3 Å². The number of benzene rings is 2. The molecule has 2 heterocycles. The first-order chi connectivity index (χ1) is 13.8. The third-order valence-corrected chi connectivity index (χ3v) is 8.60. The maximum Gasteiger partial charge on any atom is 0.252 e. The Labute approximate surface area is 180 Å². The lowest BCUT2D eigenvalue weighted by Gasteiger charge is -2.24. The summed E-state index contributed by atoms with van der Waals surface area (Å²) in [5, 5.41) is 1.17. The van der Waals surface area contributed by atoms with E-state index >= 15 is 0 Å².